The predicted molar refractivity (Wildman–Crippen MR) is 81.2 cm³/mol. The van der Waals surface area contributed by atoms with Crippen LogP contribution in [0.5, 0.6) is 0 Å². The standard InChI is InChI=1S/C16H20N4/c1-17-10-14-11-19-16(12-18-14)20-9-5-4-7-13-6-2-3-8-15(13)20/h2-3,6,8,11-12,17H,4-5,7,9-10H2,1H3. The predicted octanol–water partition coefficient (Wildman–Crippen LogP) is 2.67. The third-order valence-electron chi connectivity index (χ3n) is 3.69. The lowest BCUT2D eigenvalue weighted by Gasteiger charge is -2.23. The zero-order valence-electron chi connectivity index (χ0n) is 11.8. The maximum absolute atomic E-state index is 4.58. The summed E-state index contributed by atoms with van der Waals surface area (Å²) in [7, 11) is 1.92. The van der Waals surface area contributed by atoms with Gasteiger partial charge in [0.15, 0.2) is 5.82 Å². The molecule has 0 aliphatic carbocycles. The van der Waals surface area contributed by atoms with Crippen LogP contribution < -0.4 is 10.2 Å². The molecule has 0 saturated heterocycles. The van der Waals surface area contributed by atoms with Crippen molar-refractivity contribution in [1.29, 1.82) is 0 Å². The molecule has 1 aromatic heterocycles. The van der Waals surface area contributed by atoms with Gasteiger partial charge in [-0.2, -0.15) is 0 Å². The average Bonchev–Trinajstić information content (AvgIpc) is 2.71. The summed E-state index contributed by atoms with van der Waals surface area (Å²) in [4.78, 5) is 11.4. The van der Waals surface area contributed by atoms with Gasteiger partial charge in [-0.3, -0.25) is 4.98 Å². The van der Waals surface area contributed by atoms with E-state index in [9.17, 15) is 0 Å². The van der Waals surface area contributed by atoms with Crippen LogP contribution >= 0.6 is 0 Å². The highest BCUT2D eigenvalue weighted by Crippen LogP contribution is 2.30. The fourth-order valence-corrected chi connectivity index (χ4v) is 2.69. The molecule has 20 heavy (non-hydrogen) atoms. The fourth-order valence-electron chi connectivity index (χ4n) is 2.69. The summed E-state index contributed by atoms with van der Waals surface area (Å²) in [5, 5.41) is 3.09. The zero-order valence-corrected chi connectivity index (χ0v) is 11.8. The molecule has 0 saturated carbocycles. The average molecular weight is 268 g/mol. The van der Waals surface area contributed by atoms with Gasteiger partial charge in [-0.15, -0.1) is 0 Å². The molecule has 1 aliphatic rings. The van der Waals surface area contributed by atoms with Gasteiger partial charge in [0.25, 0.3) is 0 Å². The minimum atomic E-state index is 0.754. The molecule has 2 aromatic rings. The Morgan fingerprint density at radius 1 is 1.15 bits per heavy atom. The highest BCUT2D eigenvalue weighted by atomic mass is 15.2. The van der Waals surface area contributed by atoms with E-state index in [4.69, 9.17) is 0 Å². The summed E-state index contributed by atoms with van der Waals surface area (Å²) in [6.07, 6.45) is 7.32. The van der Waals surface area contributed by atoms with Crippen LogP contribution in [0.25, 0.3) is 0 Å². The molecule has 104 valence electrons. The number of aryl methyl sites for hydroxylation is 1. The van der Waals surface area contributed by atoms with E-state index in [1.165, 1.54) is 24.1 Å². The van der Waals surface area contributed by atoms with Crippen molar-refractivity contribution in [3.63, 3.8) is 0 Å². The molecule has 0 unspecified atom stereocenters. The van der Waals surface area contributed by atoms with Crippen LogP contribution in [-0.4, -0.2) is 23.6 Å². The third-order valence-corrected chi connectivity index (χ3v) is 3.69. The quantitative estimate of drug-likeness (QED) is 0.929. The Labute approximate surface area is 119 Å². The molecule has 0 spiro atoms. The molecule has 1 aliphatic heterocycles. The normalized spacial score (nSPS) is 14.8. The van der Waals surface area contributed by atoms with E-state index in [1.807, 2.05) is 19.4 Å². The van der Waals surface area contributed by atoms with E-state index in [2.05, 4.69) is 44.5 Å². The lowest BCUT2D eigenvalue weighted by atomic mass is 10.1. The van der Waals surface area contributed by atoms with Crippen molar-refractivity contribution in [3.05, 3.63) is 47.9 Å². The second-order valence-electron chi connectivity index (χ2n) is 5.13. The molecule has 4 heteroatoms. The molecule has 0 bridgehead atoms. The van der Waals surface area contributed by atoms with Crippen LogP contribution in [-0.2, 0) is 13.0 Å². The fraction of sp³-hybridized carbons (Fsp3) is 0.375. The van der Waals surface area contributed by atoms with Crippen molar-refractivity contribution in [2.75, 3.05) is 18.5 Å². The summed E-state index contributed by atoms with van der Waals surface area (Å²) in [5.74, 6) is 0.944. The zero-order chi connectivity index (χ0) is 13.8. The van der Waals surface area contributed by atoms with Gasteiger partial charge in [-0.1, -0.05) is 18.2 Å². The van der Waals surface area contributed by atoms with E-state index in [0.29, 0.717) is 0 Å². The van der Waals surface area contributed by atoms with Crippen molar-refractivity contribution in [3.8, 4) is 0 Å². The Hall–Kier alpha value is -1.94. The summed E-state index contributed by atoms with van der Waals surface area (Å²) in [6.45, 7) is 1.76. The van der Waals surface area contributed by atoms with Gasteiger partial charge in [-0.05, 0) is 37.9 Å². The van der Waals surface area contributed by atoms with Gasteiger partial charge >= 0.3 is 0 Å². The van der Waals surface area contributed by atoms with E-state index in [0.717, 1.165) is 31.0 Å². The minimum absolute atomic E-state index is 0.754. The van der Waals surface area contributed by atoms with Crippen molar-refractivity contribution in [2.45, 2.75) is 25.8 Å². The third kappa shape index (κ3) is 2.65. The Morgan fingerprint density at radius 3 is 2.85 bits per heavy atom. The largest absolute Gasteiger partial charge is 0.325 e. The summed E-state index contributed by atoms with van der Waals surface area (Å²) >= 11 is 0. The van der Waals surface area contributed by atoms with Gasteiger partial charge in [0.05, 0.1) is 18.1 Å². The first kappa shape index (κ1) is 13.1. The number of hydrogen-bond donors (Lipinski definition) is 1. The molecule has 2 heterocycles. The molecular formula is C16H20N4. The second-order valence-corrected chi connectivity index (χ2v) is 5.13. The maximum atomic E-state index is 4.58. The monoisotopic (exact) mass is 268 g/mol. The minimum Gasteiger partial charge on any atom is -0.325 e. The Morgan fingerprint density at radius 2 is 2.05 bits per heavy atom. The van der Waals surface area contributed by atoms with Crippen molar-refractivity contribution in [2.24, 2.45) is 0 Å². The molecule has 0 atom stereocenters. The number of aromatic nitrogens is 2. The lowest BCUT2D eigenvalue weighted by molar-refractivity contribution is 0.752. The molecule has 0 radical (unpaired) electrons. The van der Waals surface area contributed by atoms with Crippen LogP contribution in [0.4, 0.5) is 11.5 Å². The van der Waals surface area contributed by atoms with E-state index >= 15 is 0 Å². The molecule has 1 aromatic carbocycles. The second kappa shape index (κ2) is 6.01. The number of anilines is 2. The van der Waals surface area contributed by atoms with Crippen LogP contribution in [0.15, 0.2) is 36.7 Å². The van der Waals surface area contributed by atoms with Gasteiger partial charge in [0.2, 0.25) is 0 Å². The van der Waals surface area contributed by atoms with Crippen molar-refractivity contribution < 1.29 is 0 Å². The number of benzene rings is 1. The summed E-state index contributed by atoms with van der Waals surface area (Å²) in [6, 6.07) is 8.62. The van der Waals surface area contributed by atoms with Crippen molar-refractivity contribution in [1.82, 2.24) is 15.3 Å². The van der Waals surface area contributed by atoms with E-state index in [-0.39, 0.29) is 0 Å². The van der Waals surface area contributed by atoms with Crippen molar-refractivity contribution >= 4 is 11.5 Å². The molecule has 1 N–H and O–H groups in total. The number of nitrogens with one attached hydrogen (secondary N) is 1. The molecular weight excluding hydrogens is 248 g/mol. The van der Waals surface area contributed by atoms with Gasteiger partial charge < -0.3 is 10.2 Å². The number of fused-ring (bicyclic) bond motifs is 1. The van der Waals surface area contributed by atoms with Crippen LogP contribution in [0.1, 0.15) is 24.1 Å². The van der Waals surface area contributed by atoms with Crippen LogP contribution in [0, 0.1) is 0 Å². The number of hydrogen-bond acceptors (Lipinski definition) is 4. The van der Waals surface area contributed by atoms with Crippen LogP contribution in [0.3, 0.4) is 0 Å². The molecule has 0 fully saturated rings. The molecule has 3 rings (SSSR count). The Balaban J connectivity index is 1.92. The lowest BCUT2D eigenvalue weighted by Crippen LogP contribution is -2.19. The van der Waals surface area contributed by atoms with Gasteiger partial charge in [-0.25, -0.2) is 4.98 Å². The summed E-state index contributed by atoms with van der Waals surface area (Å²) in [5.41, 5.74) is 3.66. The number of rotatable bonds is 3. The first-order chi connectivity index (χ1) is 9.88. The van der Waals surface area contributed by atoms with E-state index in [1.54, 1.807) is 0 Å². The van der Waals surface area contributed by atoms with Crippen LogP contribution in [0.2, 0.25) is 0 Å². The Kier molecular flexibility index (Phi) is 3.92. The highest BCUT2D eigenvalue weighted by molar-refractivity contribution is 5.63. The molecule has 0 amide bonds. The highest BCUT2D eigenvalue weighted by Gasteiger charge is 2.17. The van der Waals surface area contributed by atoms with E-state index < -0.39 is 0 Å². The first-order valence-electron chi connectivity index (χ1n) is 7.19. The number of nitrogens with zero attached hydrogens (tertiary/aromatic N) is 3. The number of para-hydroxylation sites is 1. The SMILES string of the molecule is CNCc1cnc(N2CCCCc3ccccc32)cn1. The smallest absolute Gasteiger partial charge is 0.151 e. The maximum Gasteiger partial charge on any atom is 0.151 e. The van der Waals surface area contributed by atoms with Gasteiger partial charge in [0.1, 0.15) is 0 Å². The first-order valence-corrected chi connectivity index (χ1v) is 7.19. The van der Waals surface area contributed by atoms with Gasteiger partial charge in [0, 0.05) is 18.8 Å². The summed E-state index contributed by atoms with van der Waals surface area (Å²) < 4.78 is 0. The Bertz CT molecular complexity index is 565. The topological polar surface area (TPSA) is 41.1 Å². The molecule has 4 nitrogen and oxygen atoms in total.